The number of aromatic nitrogens is 3. The highest BCUT2D eigenvalue weighted by Gasteiger charge is 2.18. The smallest absolute Gasteiger partial charge is 0.230 e. The minimum atomic E-state index is -0.0800. The topological polar surface area (TPSA) is 96.7 Å². The van der Waals surface area contributed by atoms with E-state index in [9.17, 15) is 4.79 Å². The van der Waals surface area contributed by atoms with E-state index in [1.807, 2.05) is 47.9 Å². The van der Waals surface area contributed by atoms with Gasteiger partial charge < -0.3 is 28.8 Å². The van der Waals surface area contributed by atoms with E-state index in [2.05, 4.69) is 15.5 Å². The maximum absolute atomic E-state index is 12.5. The predicted molar refractivity (Wildman–Crippen MR) is 127 cm³/mol. The number of carbonyl (C=O) groups excluding carboxylic acids is 1. The molecular formula is C24H26N4O5S. The standard InChI is InChI=1S/C24H26N4O5S/c1-2-28-23(17-5-7-19-21(13-17)33-11-10-32-19)26-27-24(28)34-15-22(29)25-14-16-4-6-18-20(12-16)31-9-3-8-30-18/h4-7,12-13H,2-3,8-11,14-15H2,1H3,(H,25,29). The van der Waals surface area contributed by atoms with Gasteiger partial charge in [0.1, 0.15) is 13.2 Å². The quantitative estimate of drug-likeness (QED) is 0.513. The van der Waals surface area contributed by atoms with Crippen LogP contribution in [0.3, 0.4) is 0 Å². The van der Waals surface area contributed by atoms with Gasteiger partial charge >= 0.3 is 0 Å². The molecule has 0 spiro atoms. The van der Waals surface area contributed by atoms with Crippen molar-refractivity contribution < 1.29 is 23.7 Å². The third-order valence-corrected chi connectivity index (χ3v) is 6.43. The summed E-state index contributed by atoms with van der Waals surface area (Å²) < 4.78 is 24.7. The third-order valence-electron chi connectivity index (χ3n) is 5.47. The van der Waals surface area contributed by atoms with Crippen LogP contribution >= 0.6 is 11.8 Å². The first kappa shape index (κ1) is 22.4. The summed E-state index contributed by atoms with van der Waals surface area (Å²) in [5, 5.41) is 12.3. The fraction of sp³-hybridized carbons (Fsp3) is 0.375. The number of benzene rings is 2. The zero-order valence-electron chi connectivity index (χ0n) is 18.9. The minimum absolute atomic E-state index is 0.0800. The lowest BCUT2D eigenvalue weighted by molar-refractivity contribution is -0.118. The SMILES string of the molecule is CCn1c(SCC(=O)NCc2ccc3c(c2)OCCCO3)nnc1-c1ccc2c(c1)OCCO2. The molecule has 0 radical (unpaired) electrons. The lowest BCUT2D eigenvalue weighted by atomic mass is 10.2. The molecule has 2 aromatic carbocycles. The molecule has 0 atom stereocenters. The van der Waals surface area contributed by atoms with Crippen LogP contribution in [0.1, 0.15) is 18.9 Å². The molecule has 0 fully saturated rings. The van der Waals surface area contributed by atoms with Gasteiger partial charge in [0.15, 0.2) is 34.0 Å². The molecule has 5 rings (SSSR count). The van der Waals surface area contributed by atoms with E-state index in [-0.39, 0.29) is 11.7 Å². The Balaban J connectivity index is 1.20. The van der Waals surface area contributed by atoms with Gasteiger partial charge in [-0.3, -0.25) is 4.79 Å². The molecule has 0 aliphatic carbocycles. The van der Waals surface area contributed by atoms with Crippen LogP contribution in [0.5, 0.6) is 23.0 Å². The average Bonchev–Trinajstić information content (AvgIpc) is 3.14. The second kappa shape index (κ2) is 10.3. The summed E-state index contributed by atoms with van der Waals surface area (Å²) in [5.41, 5.74) is 1.85. The Labute approximate surface area is 201 Å². The first-order valence-corrected chi connectivity index (χ1v) is 12.3. The fourth-order valence-corrected chi connectivity index (χ4v) is 4.61. The van der Waals surface area contributed by atoms with Gasteiger partial charge in [0.2, 0.25) is 5.91 Å². The van der Waals surface area contributed by atoms with Crippen molar-refractivity contribution in [2.24, 2.45) is 0 Å². The van der Waals surface area contributed by atoms with Gasteiger partial charge in [0, 0.05) is 25.1 Å². The first-order chi connectivity index (χ1) is 16.7. The van der Waals surface area contributed by atoms with Crippen molar-refractivity contribution in [1.82, 2.24) is 20.1 Å². The predicted octanol–water partition coefficient (Wildman–Crippen LogP) is 3.31. The molecule has 1 N–H and O–H groups in total. The molecule has 2 aliphatic heterocycles. The minimum Gasteiger partial charge on any atom is -0.490 e. The molecule has 0 saturated heterocycles. The van der Waals surface area contributed by atoms with Crippen LogP contribution in [0.15, 0.2) is 41.6 Å². The van der Waals surface area contributed by atoms with Gasteiger partial charge in [-0.05, 0) is 42.8 Å². The van der Waals surface area contributed by atoms with Crippen molar-refractivity contribution in [3.8, 4) is 34.4 Å². The van der Waals surface area contributed by atoms with E-state index in [1.165, 1.54) is 11.8 Å². The van der Waals surface area contributed by atoms with Gasteiger partial charge in [-0.1, -0.05) is 17.8 Å². The summed E-state index contributed by atoms with van der Waals surface area (Å²) in [6.45, 7) is 5.48. The molecule has 0 bridgehead atoms. The van der Waals surface area contributed by atoms with Gasteiger partial charge in [0.05, 0.1) is 19.0 Å². The number of nitrogens with zero attached hydrogens (tertiary/aromatic N) is 3. The van der Waals surface area contributed by atoms with E-state index >= 15 is 0 Å². The molecular weight excluding hydrogens is 456 g/mol. The molecule has 178 valence electrons. The lowest BCUT2D eigenvalue weighted by Crippen LogP contribution is -2.24. The Bertz CT molecular complexity index is 1180. The second-order valence-electron chi connectivity index (χ2n) is 7.81. The molecule has 10 heteroatoms. The summed E-state index contributed by atoms with van der Waals surface area (Å²) in [4.78, 5) is 12.5. The van der Waals surface area contributed by atoms with Gasteiger partial charge in [-0.25, -0.2) is 0 Å². The van der Waals surface area contributed by atoms with Gasteiger partial charge in [-0.15, -0.1) is 10.2 Å². The van der Waals surface area contributed by atoms with E-state index in [4.69, 9.17) is 18.9 Å². The number of rotatable bonds is 7. The summed E-state index contributed by atoms with van der Waals surface area (Å²) >= 11 is 1.36. The van der Waals surface area contributed by atoms with Crippen LogP contribution < -0.4 is 24.3 Å². The summed E-state index contributed by atoms with van der Waals surface area (Å²) in [6, 6.07) is 11.5. The number of amides is 1. The molecule has 0 saturated carbocycles. The maximum Gasteiger partial charge on any atom is 0.230 e. The number of carbonyl (C=O) groups is 1. The maximum atomic E-state index is 12.5. The highest BCUT2D eigenvalue weighted by molar-refractivity contribution is 7.99. The molecule has 2 aliphatic rings. The zero-order chi connectivity index (χ0) is 23.3. The van der Waals surface area contributed by atoms with Crippen LogP contribution in [-0.2, 0) is 17.9 Å². The van der Waals surface area contributed by atoms with Crippen LogP contribution in [0.4, 0.5) is 0 Å². The van der Waals surface area contributed by atoms with E-state index in [0.717, 1.165) is 40.6 Å². The molecule has 1 amide bonds. The number of ether oxygens (including phenoxy) is 4. The molecule has 34 heavy (non-hydrogen) atoms. The monoisotopic (exact) mass is 482 g/mol. The highest BCUT2D eigenvalue weighted by atomic mass is 32.2. The number of nitrogens with one attached hydrogen (secondary N) is 1. The van der Waals surface area contributed by atoms with E-state index < -0.39 is 0 Å². The number of hydrogen-bond donors (Lipinski definition) is 1. The number of fused-ring (bicyclic) bond motifs is 2. The van der Waals surface area contributed by atoms with Gasteiger partial charge in [-0.2, -0.15) is 0 Å². The Hall–Kier alpha value is -3.40. The Morgan fingerprint density at radius 3 is 2.47 bits per heavy atom. The average molecular weight is 483 g/mol. The van der Waals surface area contributed by atoms with Gasteiger partial charge in [0.25, 0.3) is 0 Å². The molecule has 3 aromatic rings. The van der Waals surface area contributed by atoms with Crippen molar-refractivity contribution in [2.75, 3.05) is 32.2 Å². The molecule has 9 nitrogen and oxygen atoms in total. The molecule has 1 aromatic heterocycles. The summed E-state index contributed by atoms with van der Waals surface area (Å²) in [7, 11) is 0. The molecule has 0 unspecified atom stereocenters. The Morgan fingerprint density at radius 1 is 0.941 bits per heavy atom. The lowest BCUT2D eigenvalue weighted by Gasteiger charge is -2.18. The Kier molecular flexibility index (Phi) is 6.75. The third kappa shape index (κ3) is 4.91. The van der Waals surface area contributed by atoms with Crippen molar-refractivity contribution in [3.05, 3.63) is 42.0 Å². The van der Waals surface area contributed by atoms with Crippen molar-refractivity contribution in [3.63, 3.8) is 0 Å². The van der Waals surface area contributed by atoms with Crippen molar-refractivity contribution in [2.45, 2.75) is 31.6 Å². The summed E-state index contributed by atoms with van der Waals surface area (Å²) in [5.74, 6) is 3.80. The van der Waals surface area contributed by atoms with Crippen LogP contribution in [0.2, 0.25) is 0 Å². The largest absolute Gasteiger partial charge is 0.490 e. The van der Waals surface area contributed by atoms with E-state index in [0.29, 0.717) is 50.4 Å². The van der Waals surface area contributed by atoms with E-state index in [1.54, 1.807) is 0 Å². The number of hydrogen-bond acceptors (Lipinski definition) is 8. The van der Waals surface area contributed by atoms with Crippen molar-refractivity contribution >= 4 is 17.7 Å². The van der Waals surface area contributed by atoms with Crippen molar-refractivity contribution in [1.29, 1.82) is 0 Å². The van der Waals surface area contributed by atoms with Crippen LogP contribution in [0, 0.1) is 0 Å². The van der Waals surface area contributed by atoms with Crippen LogP contribution in [-0.4, -0.2) is 52.9 Å². The zero-order valence-corrected chi connectivity index (χ0v) is 19.7. The Morgan fingerprint density at radius 2 is 1.65 bits per heavy atom. The fourth-order valence-electron chi connectivity index (χ4n) is 3.78. The number of thioether (sulfide) groups is 1. The second-order valence-corrected chi connectivity index (χ2v) is 8.75. The first-order valence-electron chi connectivity index (χ1n) is 11.3. The summed E-state index contributed by atoms with van der Waals surface area (Å²) in [6.07, 6.45) is 0.858. The molecule has 3 heterocycles. The normalized spacial score (nSPS) is 14.4. The highest BCUT2D eigenvalue weighted by Crippen LogP contribution is 2.35. The van der Waals surface area contributed by atoms with Crippen LogP contribution in [0.25, 0.3) is 11.4 Å².